The zero-order chi connectivity index (χ0) is 10.8. The molecule has 4 heteroatoms. The highest BCUT2D eigenvalue weighted by Gasteiger charge is 2.13. The second-order valence-corrected chi connectivity index (χ2v) is 3.11. The van der Waals surface area contributed by atoms with Crippen molar-refractivity contribution in [3.63, 3.8) is 0 Å². The van der Waals surface area contributed by atoms with Crippen molar-refractivity contribution in [3.05, 3.63) is 30.0 Å². The number of aromatic amines is 1. The molecule has 0 aliphatic rings. The van der Waals surface area contributed by atoms with E-state index in [1.54, 1.807) is 12.1 Å². The van der Waals surface area contributed by atoms with E-state index in [4.69, 9.17) is 4.74 Å². The van der Waals surface area contributed by atoms with Crippen LogP contribution >= 0.6 is 0 Å². The van der Waals surface area contributed by atoms with Gasteiger partial charge in [0.2, 0.25) is 0 Å². The Morgan fingerprint density at radius 3 is 2.80 bits per heavy atom. The van der Waals surface area contributed by atoms with Gasteiger partial charge in [-0.15, -0.1) is 0 Å². The van der Waals surface area contributed by atoms with Gasteiger partial charge >= 0.3 is 5.97 Å². The minimum atomic E-state index is -0.400. The lowest BCUT2D eigenvalue weighted by molar-refractivity contribution is 0.0597. The highest BCUT2D eigenvalue weighted by atomic mass is 16.5. The normalized spacial score (nSPS) is 10.3. The van der Waals surface area contributed by atoms with Crippen molar-refractivity contribution in [1.82, 2.24) is 4.98 Å². The van der Waals surface area contributed by atoms with Gasteiger partial charge in [-0.25, -0.2) is 4.79 Å². The van der Waals surface area contributed by atoms with Crippen LogP contribution in [0.3, 0.4) is 0 Å². The summed E-state index contributed by atoms with van der Waals surface area (Å²) in [5, 5.41) is 1.000. The maximum absolute atomic E-state index is 11.4. The van der Waals surface area contributed by atoms with Crippen molar-refractivity contribution in [3.8, 4) is 5.75 Å². The number of methoxy groups -OCH3 is 2. The zero-order valence-electron chi connectivity index (χ0n) is 8.53. The molecule has 2 aromatic rings. The predicted octanol–water partition coefficient (Wildman–Crippen LogP) is 1.96. The smallest absolute Gasteiger partial charge is 0.341 e. The number of hydrogen-bond acceptors (Lipinski definition) is 3. The number of carbonyl (C=O) groups is 1. The summed E-state index contributed by atoms with van der Waals surface area (Å²) >= 11 is 0. The molecule has 0 unspecified atom stereocenters. The number of carbonyl (C=O) groups excluding carboxylic acids is 1. The molecule has 0 spiro atoms. The molecule has 0 aliphatic heterocycles. The summed E-state index contributed by atoms with van der Waals surface area (Å²) in [6.45, 7) is 0. The Morgan fingerprint density at radius 1 is 1.33 bits per heavy atom. The van der Waals surface area contributed by atoms with Crippen LogP contribution in [-0.2, 0) is 4.74 Å². The van der Waals surface area contributed by atoms with Gasteiger partial charge in [-0.1, -0.05) is 0 Å². The van der Waals surface area contributed by atoms with E-state index < -0.39 is 5.97 Å². The second-order valence-electron chi connectivity index (χ2n) is 3.11. The van der Waals surface area contributed by atoms with Crippen molar-refractivity contribution in [2.75, 3.05) is 14.2 Å². The summed E-state index contributed by atoms with van der Waals surface area (Å²) in [6.07, 6.45) is 1.81. The molecule has 0 aliphatic carbocycles. The van der Waals surface area contributed by atoms with Crippen LogP contribution < -0.4 is 4.74 Å². The Hall–Kier alpha value is -1.97. The van der Waals surface area contributed by atoms with E-state index in [-0.39, 0.29) is 0 Å². The first-order valence-electron chi connectivity index (χ1n) is 4.49. The Bertz CT molecular complexity index is 502. The molecule has 0 radical (unpaired) electrons. The minimum absolute atomic E-state index is 0.400. The summed E-state index contributed by atoms with van der Waals surface area (Å²) in [6, 6.07) is 5.44. The molecule has 0 atom stereocenters. The number of esters is 1. The van der Waals surface area contributed by atoms with Crippen molar-refractivity contribution < 1.29 is 14.3 Å². The molecule has 1 aromatic carbocycles. The topological polar surface area (TPSA) is 51.3 Å². The summed E-state index contributed by atoms with van der Waals surface area (Å²) < 4.78 is 9.80. The van der Waals surface area contributed by atoms with Crippen LogP contribution in [0.1, 0.15) is 10.4 Å². The number of rotatable bonds is 2. The van der Waals surface area contributed by atoms with Gasteiger partial charge < -0.3 is 14.5 Å². The fourth-order valence-electron chi connectivity index (χ4n) is 1.52. The van der Waals surface area contributed by atoms with E-state index >= 15 is 0 Å². The largest absolute Gasteiger partial charge is 0.496 e. The lowest BCUT2D eigenvalue weighted by atomic mass is 10.1. The van der Waals surface area contributed by atoms with Gasteiger partial charge in [-0.05, 0) is 18.2 Å². The third-order valence-corrected chi connectivity index (χ3v) is 2.28. The van der Waals surface area contributed by atoms with E-state index in [0.717, 1.165) is 10.9 Å². The number of fused-ring (bicyclic) bond motifs is 1. The van der Waals surface area contributed by atoms with Crippen LogP contribution in [0.5, 0.6) is 5.75 Å². The number of aromatic nitrogens is 1. The monoisotopic (exact) mass is 205 g/mol. The van der Waals surface area contributed by atoms with Crippen LogP contribution in [0.4, 0.5) is 0 Å². The van der Waals surface area contributed by atoms with Crippen molar-refractivity contribution >= 4 is 16.9 Å². The predicted molar refractivity (Wildman–Crippen MR) is 56.2 cm³/mol. The molecule has 4 nitrogen and oxygen atoms in total. The lowest BCUT2D eigenvalue weighted by Crippen LogP contribution is -2.03. The summed E-state index contributed by atoms with van der Waals surface area (Å²) in [5.41, 5.74) is 1.31. The number of benzene rings is 1. The fraction of sp³-hybridized carbons (Fsp3) is 0.182. The molecule has 1 aromatic heterocycles. The highest BCUT2D eigenvalue weighted by Crippen LogP contribution is 2.25. The lowest BCUT2D eigenvalue weighted by Gasteiger charge is -2.06. The van der Waals surface area contributed by atoms with Crippen molar-refractivity contribution in [2.24, 2.45) is 0 Å². The van der Waals surface area contributed by atoms with Crippen molar-refractivity contribution in [2.45, 2.75) is 0 Å². The van der Waals surface area contributed by atoms with E-state index in [1.165, 1.54) is 14.2 Å². The van der Waals surface area contributed by atoms with Gasteiger partial charge in [0.25, 0.3) is 0 Å². The number of hydrogen-bond donors (Lipinski definition) is 1. The number of nitrogens with one attached hydrogen (secondary N) is 1. The van der Waals surface area contributed by atoms with E-state index in [2.05, 4.69) is 9.72 Å². The summed E-state index contributed by atoms with van der Waals surface area (Å²) in [5.74, 6) is 0.123. The molecular weight excluding hydrogens is 194 g/mol. The Balaban J connectivity index is 2.64. The van der Waals surface area contributed by atoms with Gasteiger partial charge in [0.1, 0.15) is 11.3 Å². The van der Waals surface area contributed by atoms with E-state index in [0.29, 0.717) is 11.3 Å². The van der Waals surface area contributed by atoms with E-state index in [1.807, 2.05) is 12.3 Å². The second kappa shape index (κ2) is 3.65. The third-order valence-electron chi connectivity index (χ3n) is 2.28. The number of H-pyrrole nitrogens is 1. The molecule has 0 bridgehead atoms. The first-order chi connectivity index (χ1) is 7.26. The Kier molecular flexibility index (Phi) is 2.33. The first-order valence-corrected chi connectivity index (χ1v) is 4.49. The molecule has 1 heterocycles. The molecule has 2 rings (SSSR count). The van der Waals surface area contributed by atoms with Crippen LogP contribution in [0.2, 0.25) is 0 Å². The van der Waals surface area contributed by atoms with Crippen LogP contribution in [0, 0.1) is 0 Å². The van der Waals surface area contributed by atoms with Crippen molar-refractivity contribution in [1.29, 1.82) is 0 Å². The molecule has 0 saturated carbocycles. The Morgan fingerprint density at radius 2 is 2.13 bits per heavy atom. The SMILES string of the molecule is COC(=O)c1cc2[nH]ccc2cc1OC. The molecule has 1 N–H and O–H groups in total. The van der Waals surface area contributed by atoms with Crippen LogP contribution in [0.25, 0.3) is 10.9 Å². The Labute approximate surface area is 86.8 Å². The van der Waals surface area contributed by atoms with Gasteiger partial charge in [0.05, 0.1) is 14.2 Å². The highest BCUT2D eigenvalue weighted by molar-refractivity contribution is 5.97. The molecule has 15 heavy (non-hydrogen) atoms. The average Bonchev–Trinajstić information content (AvgIpc) is 2.73. The average molecular weight is 205 g/mol. The standard InChI is InChI=1S/C11H11NO3/c1-14-10-5-7-3-4-12-9(7)6-8(10)11(13)15-2/h3-6,12H,1-2H3. The minimum Gasteiger partial charge on any atom is -0.496 e. The van der Waals surface area contributed by atoms with Gasteiger partial charge in [0.15, 0.2) is 0 Å². The van der Waals surface area contributed by atoms with E-state index in [9.17, 15) is 4.79 Å². The molecular formula is C11H11NO3. The number of ether oxygens (including phenoxy) is 2. The molecule has 0 fully saturated rings. The zero-order valence-corrected chi connectivity index (χ0v) is 8.53. The summed E-state index contributed by atoms with van der Waals surface area (Å²) in [7, 11) is 2.88. The van der Waals surface area contributed by atoms with Gasteiger partial charge in [0, 0.05) is 17.1 Å². The third kappa shape index (κ3) is 1.54. The molecule has 0 saturated heterocycles. The summed E-state index contributed by atoms with van der Waals surface area (Å²) in [4.78, 5) is 14.5. The first kappa shape index (κ1) is 9.58. The quantitative estimate of drug-likeness (QED) is 0.762. The fourth-order valence-corrected chi connectivity index (χ4v) is 1.52. The molecule has 78 valence electrons. The van der Waals surface area contributed by atoms with Gasteiger partial charge in [-0.2, -0.15) is 0 Å². The maximum atomic E-state index is 11.4. The van der Waals surface area contributed by atoms with Crippen LogP contribution in [0.15, 0.2) is 24.4 Å². The van der Waals surface area contributed by atoms with Crippen LogP contribution in [-0.4, -0.2) is 25.2 Å². The molecule has 0 amide bonds. The maximum Gasteiger partial charge on any atom is 0.341 e. The van der Waals surface area contributed by atoms with Gasteiger partial charge in [-0.3, -0.25) is 0 Å².